The van der Waals surface area contributed by atoms with Gasteiger partial charge in [0.2, 0.25) is 0 Å². The van der Waals surface area contributed by atoms with Gasteiger partial charge >= 0.3 is 0 Å². The lowest BCUT2D eigenvalue weighted by Gasteiger charge is -2.39. The molecule has 12 aliphatic rings. The summed E-state index contributed by atoms with van der Waals surface area (Å²) in [6.45, 7) is 0. The first-order valence-electron chi connectivity index (χ1n) is 39.2. The smallest absolute Gasteiger partial charge is 0.141 e. The molecule has 8 aliphatic heterocycles. The van der Waals surface area contributed by atoms with Crippen molar-refractivity contribution in [3.05, 3.63) is 402 Å². The Labute approximate surface area is 647 Å². The molecule has 28 rings (SSSR count). The molecule has 0 atom stereocenters. The highest BCUT2D eigenvalue weighted by molar-refractivity contribution is 5.99. The second kappa shape index (κ2) is 23.8. The molecular formula is C100H68N12. The van der Waals surface area contributed by atoms with E-state index < -0.39 is 0 Å². The van der Waals surface area contributed by atoms with Gasteiger partial charge in [-0.2, -0.15) is 0 Å². The molecule has 112 heavy (non-hydrogen) atoms. The van der Waals surface area contributed by atoms with Crippen molar-refractivity contribution in [3.8, 4) is 44.5 Å². The third-order valence-electron chi connectivity index (χ3n) is 25.9. The van der Waals surface area contributed by atoms with E-state index in [4.69, 9.17) is 9.97 Å². The summed E-state index contributed by atoms with van der Waals surface area (Å²) in [4.78, 5) is 45.7. The lowest BCUT2D eigenvalue weighted by atomic mass is 9.83. The van der Waals surface area contributed by atoms with Crippen LogP contribution >= 0.6 is 0 Å². The summed E-state index contributed by atoms with van der Waals surface area (Å²) in [6, 6.07) is 66.7. The lowest BCUT2D eigenvalue weighted by Crippen LogP contribution is -2.26. The Bertz CT molecular complexity index is 5990. The van der Waals surface area contributed by atoms with Gasteiger partial charge < -0.3 is 14.7 Å². The van der Waals surface area contributed by atoms with Crippen LogP contribution < -0.4 is 19.6 Å². The first kappa shape index (κ1) is 62.1. The van der Waals surface area contributed by atoms with Gasteiger partial charge in [-0.25, -0.2) is 4.98 Å². The SMILES string of the molecule is c1ccc2c(c1)Cc1c-2cc2c3c1Cc1ccncc1N3c1cccnc1C2.c1ccc2c(c1)Cc1c-2cc2c3c1Cc1ccncc1N3c1ccncc1C2.c1ccc2c(c1)Cc1c-2cc2c3c1Cc1ccncc1N3c1cnccc1C2.c1ccc2c(c1)Cc1c-2cc2c3c1Cc1ccncc1N3c1ncccc1C2. The Morgan fingerprint density at radius 1 is 0.188 bits per heavy atom. The van der Waals surface area contributed by atoms with Gasteiger partial charge in [0.05, 0.1) is 99.2 Å². The zero-order valence-corrected chi connectivity index (χ0v) is 61.3. The topological polar surface area (TPSA) is 116 Å². The minimum absolute atomic E-state index is 0.889. The first-order valence-corrected chi connectivity index (χ1v) is 39.2. The minimum Gasteiger partial charge on any atom is -0.308 e. The maximum atomic E-state index is 4.78. The molecule has 0 radical (unpaired) electrons. The first-order chi connectivity index (χ1) is 55.5. The number of aromatic nitrogens is 8. The van der Waals surface area contributed by atoms with Gasteiger partial charge in [-0.05, 0) is 277 Å². The van der Waals surface area contributed by atoms with Gasteiger partial charge in [0.15, 0.2) is 0 Å². The summed E-state index contributed by atoms with van der Waals surface area (Å²) in [7, 11) is 0. The third kappa shape index (κ3) is 9.05. The highest BCUT2D eigenvalue weighted by Gasteiger charge is 2.42. The molecule has 0 saturated carbocycles. The summed E-state index contributed by atoms with van der Waals surface area (Å²) in [5.74, 6) is 1.06. The van der Waals surface area contributed by atoms with Gasteiger partial charge in [0, 0.05) is 107 Å². The van der Waals surface area contributed by atoms with E-state index in [1.165, 1.54) is 235 Å². The zero-order valence-electron chi connectivity index (χ0n) is 61.3. The van der Waals surface area contributed by atoms with Crippen LogP contribution in [0.2, 0.25) is 0 Å². The lowest BCUT2D eigenvalue weighted by molar-refractivity contribution is 0.955. The van der Waals surface area contributed by atoms with Crippen LogP contribution in [0.1, 0.15) is 134 Å². The van der Waals surface area contributed by atoms with E-state index in [0.29, 0.717) is 0 Å². The van der Waals surface area contributed by atoms with Crippen LogP contribution in [0.15, 0.2) is 269 Å². The highest BCUT2D eigenvalue weighted by atomic mass is 15.2. The molecule has 0 fully saturated rings. The molecule has 0 saturated heterocycles. The fourth-order valence-corrected chi connectivity index (χ4v) is 21.2. The number of benzene rings is 8. The van der Waals surface area contributed by atoms with E-state index in [1.807, 2.05) is 98.9 Å². The Kier molecular flexibility index (Phi) is 13.2. The average Bonchev–Trinajstić information content (AvgIpc) is 1.36. The van der Waals surface area contributed by atoms with Crippen LogP contribution in [0.5, 0.6) is 0 Å². The molecule has 0 unspecified atom stereocenters. The molecule has 12 nitrogen and oxygen atoms in total. The van der Waals surface area contributed by atoms with E-state index in [1.54, 1.807) is 0 Å². The molecule has 528 valence electrons. The summed E-state index contributed by atoms with van der Waals surface area (Å²) >= 11 is 0. The molecule has 0 amide bonds. The number of nitrogens with zero attached hydrogens (tertiary/aromatic N) is 12. The maximum Gasteiger partial charge on any atom is 0.141 e. The largest absolute Gasteiger partial charge is 0.308 e. The average molecular weight is 1440 g/mol. The fourth-order valence-electron chi connectivity index (χ4n) is 21.2. The van der Waals surface area contributed by atoms with Crippen molar-refractivity contribution in [2.24, 2.45) is 0 Å². The van der Waals surface area contributed by atoms with Crippen LogP contribution in [0.3, 0.4) is 0 Å². The number of rotatable bonds is 0. The molecule has 4 aliphatic carbocycles. The molecule has 8 aromatic heterocycles. The molecule has 16 heterocycles. The van der Waals surface area contributed by atoms with Gasteiger partial charge in [-0.1, -0.05) is 103 Å². The number of hydrogen-bond donors (Lipinski definition) is 0. The summed E-state index contributed by atoms with van der Waals surface area (Å²) < 4.78 is 0. The predicted octanol–water partition coefficient (Wildman–Crippen LogP) is 21.3. The van der Waals surface area contributed by atoms with Crippen LogP contribution in [-0.2, 0) is 77.0 Å². The molecule has 0 N–H and O–H groups in total. The Morgan fingerprint density at radius 3 is 0.946 bits per heavy atom. The van der Waals surface area contributed by atoms with Crippen molar-refractivity contribution in [1.29, 1.82) is 0 Å². The van der Waals surface area contributed by atoms with Crippen LogP contribution in [0.4, 0.5) is 68.4 Å². The quantitative estimate of drug-likeness (QED) is 0.144. The summed E-state index contributed by atoms with van der Waals surface area (Å²) in [6.07, 6.45) is 39.0. The number of fused-ring (bicyclic) bond motifs is 32. The van der Waals surface area contributed by atoms with Crippen LogP contribution in [0.25, 0.3) is 44.5 Å². The molecule has 0 bridgehead atoms. The highest BCUT2D eigenvalue weighted by Crippen LogP contribution is 2.60. The number of anilines is 12. The van der Waals surface area contributed by atoms with Gasteiger partial charge in [-0.15, -0.1) is 0 Å². The molecular weight excluding hydrogens is 1370 g/mol. The monoisotopic (exact) mass is 1440 g/mol. The normalized spacial score (nSPS) is 14.6. The van der Waals surface area contributed by atoms with Crippen molar-refractivity contribution < 1.29 is 0 Å². The Balaban J connectivity index is 0.0000000847. The second-order valence-electron chi connectivity index (χ2n) is 31.6. The standard InChI is InChI=1S/4C25H17N3/c1-2-6-19-15(4-1)11-21-20(19)13-18-10-17-5-3-8-27-25(17)28-23-14-26-9-7-16(23)12-22(21)24(18)28;1-2-5-18-15(4-1)10-20-19(18)12-17-13-22-23(6-3-8-27-22)28-24-14-26-9-7-16(24)11-21(20)25(17)28;1-2-4-19-15(3-1)10-21-20(19)12-17-9-18-13-26-8-6-23(18)28-24-14-27-7-5-16(24)11-22(21)25(17)28;1-2-4-19-15(3-1)10-21-20(19)12-18-9-16-5-7-26-13-23(16)28-24-14-27-8-6-17(24)11-22(21)25(18)28/h1-9,13-14H,10-12H2;1-9,12,14H,10-11,13H2;2*1-8,12-14H,9-11H2. The van der Waals surface area contributed by atoms with Crippen molar-refractivity contribution in [1.82, 2.24) is 39.9 Å². The number of hydrogen-bond acceptors (Lipinski definition) is 12. The van der Waals surface area contributed by atoms with E-state index in [2.05, 4.69) is 219 Å². The van der Waals surface area contributed by atoms with Crippen molar-refractivity contribution in [2.75, 3.05) is 19.6 Å². The Hall–Kier alpha value is -13.8. The Morgan fingerprint density at radius 2 is 0.500 bits per heavy atom. The molecule has 16 aromatic rings. The maximum absolute atomic E-state index is 4.78. The van der Waals surface area contributed by atoms with Gasteiger partial charge in [0.25, 0.3) is 0 Å². The third-order valence-corrected chi connectivity index (χ3v) is 25.9. The van der Waals surface area contributed by atoms with Crippen molar-refractivity contribution in [3.63, 3.8) is 0 Å². The summed E-state index contributed by atoms with van der Waals surface area (Å²) in [5.41, 5.74) is 58.9. The van der Waals surface area contributed by atoms with Gasteiger partial charge in [-0.3, -0.25) is 39.8 Å². The molecule has 0 spiro atoms. The van der Waals surface area contributed by atoms with E-state index >= 15 is 0 Å². The number of pyridine rings is 8. The molecule has 8 aromatic carbocycles. The second-order valence-corrected chi connectivity index (χ2v) is 31.6. The zero-order chi connectivity index (χ0) is 73.0. The van der Waals surface area contributed by atoms with Gasteiger partial charge in [0.1, 0.15) is 5.82 Å². The summed E-state index contributed by atoms with van der Waals surface area (Å²) in [5, 5.41) is 0. The van der Waals surface area contributed by atoms with E-state index in [-0.39, 0.29) is 0 Å². The van der Waals surface area contributed by atoms with Crippen LogP contribution in [-0.4, -0.2) is 39.9 Å². The predicted molar refractivity (Wildman–Crippen MR) is 442 cm³/mol. The molecule has 12 heteroatoms. The van der Waals surface area contributed by atoms with E-state index in [9.17, 15) is 0 Å². The van der Waals surface area contributed by atoms with Crippen molar-refractivity contribution in [2.45, 2.75) is 77.0 Å². The van der Waals surface area contributed by atoms with Crippen LogP contribution in [0, 0.1) is 0 Å². The fraction of sp³-hybridized carbons (Fsp3) is 0.120. The van der Waals surface area contributed by atoms with Crippen molar-refractivity contribution >= 4 is 68.4 Å². The van der Waals surface area contributed by atoms with E-state index in [0.717, 1.165) is 88.6 Å². The minimum atomic E-state index is 0.889.